The van der Waals surface area contributed by atoms with E-state index in [1.165, 1.54) is 6.07 Å². The van der Waals surface area contributed by atoms with Crippen molar-refractivity contribution >= 4 is 17.7 Å². The van der Waals surface area contributed by atoms with Crippen LogP contribution in [0.3, 0.4) is 0 Å². The quantitative estimate of drug-likeness (QED) is 0.369. The molecular formula is C17H28FN3OS. The zero-order valence-corrected chi connectivity index (χ0v) is 14.9. The number of nitrogens with zero attached hydrogens (tertiary/aromatic N) is 1. The van der Waals surface area contributed by atoms with Crippen LogP contribution in [0.2, 0.25) is 0 Å². The van der Waals surface area contributed by atoms with Gasteiger partial charge < -0.3 is 15.4 Å². The first kappa shape index (κ1) is 19.8. The maximum atomic E-state index is 13.5. The normalized spacial score (nSPS) is 11.5. The molecule has 0 saturated heterocycles. The SMILES string of the molecule is CCOCCCCNC(=NC)NCCSCc1ccccc1F. The third-order valence-corrected chi connectivity index (χ3v) is 4.20. The molecular weight excluding hydrogens is 313 g/mol. The van der Waals surface area contributed by atoms with Gasteiger partial charge in [0.15, 0.2) is 5.96 Å². The predicted molar refractivity (Wildman–Crippen MR) is 97.7 cm³/mol. The molecule has 0 bridgehead atoms. The van der Waals surface area contributed by atoms with Crippen molar-refractivity contribution in [3.8, 4) is 0 Å². The van der Waals surface area contributed by atoms with Crippen LogP contribution in [-0.2, 0) is 10.5 Å². The number of hydrogen-bond donors (Lipinski definition) is 2. The number of benzene rings is 1. The number of thioether (sulfide) groups is 1. The molecule has 0 spiro atoms. The monoisotopic (exact) mass is 341 g/mol. The Balaban J connectivity index is 2.05. The van der Waals surface area contributed by atoms with Crippen molar-refractivity contribution in [3.63, 3.8) is 0 Å². The minimum absolute atomic E-state index is 0.127. The highest BCUT2D eigenvalue weighted by Gasteiger charge is 2.01. The average Bonchev–Trinajstić information content (AvgIpc) is 2.57. The van der Waals surface area contributed by atoms with E-state index in [1.54, 1.807) is 24.9 Å². The van der Waals surface area contributed by atoms with E-state index in [-0.39, 0.29) is 5.82 Å². The van der Waals surface area contributed by atoms with Crippen molar-refractivity contribution in [2.75, 3.05) is 39.1 Å². The van der Waals surface area contributed by atoms with Gasteiger partial charge in [-0.15, -0.1) is 0 Å². The zero-order chi connectivity index (χ0) is 16.8. The molecule has 0 atom stereocenters. The second kappa shape index (κ2) is 13.2. The fourth-order valence-corrected chi connectivity index (χ4v) is 2.78. The zero-order valence-electron chi connectivity index (χ0n) is 14.1. The van der Waals surface area contributed by atoms with E-state index in [4.69, 9.17) is 4.74 Å². The molecule has 130 valence electrons. The summed E-state index contributed by atoms with van der Waals surface area (Å²) >= 11 is 1.71. The maximum Gasteiger partial charge on any atom is 0.191 e. The number of hydrogen-bond acceptors (Lipinski definition) is 3. The van der Waals surface area contributed by atoms with Crippen molar-refractivity contribution in [2.24, 2.45) is 4.99 Å². The maximum absolute atomic E-state index is 13.5. The minimum atomic E-state index is -0.127. The van der Waals surface area contributed by atoms with Crippen molar-refractivity contribution in [2.45, 2.75) is 25.5 Å². The lowest BCUT2D eigenvalue weighted by atomic mass is 10.2. The Morgan fingerprint density at radius 3 is 2.74 bits per heavy atom. The van der Waals surface area contributed by atoms with E-state index in [1.807, 2.05) is 19.1 Å². The lowest BCUT2D eigenvalue weighted by Crippen LogP contribution is -2.38. The molecule has 0 heterocycles. The second-order valence-corrected chi connectivity index (χ2v) is 6.08. The molecule has 0 aliphatic rings. The van der Waals surface area contributed by atoms with Gasteiger partial charge in [-0.25, -0.2) is 4.39 Å². The van der Waals surface area contributed by atoms with Crippen molar-refractivity contribution in [1.29, 1.82) is 0 Å². The summed E-state index contributed by atoms with van der Waals surface area (Å²) in [5.74, 6) is 2.28. The van der Waals surface area contributed by atoms with Crippen LogP contribution in [0, 0.1) is 5.82 Å². The third kappa shape index (κ3) is 9.46. The second-order valence-electron chi connectivity index (χ2n) is 4.97. The molecule has 0 radical (unpaired) electrons. The molecule has 23 heavy (non-hydrogen) atoms. The standard InChI is InChI=1S/C17H28FN3OS/c1-3-22-12-7-6-10-20-17(19-2)21-11-13-23-14-15-8-4-5-9-16(15)18/h4-5,8-9H,3,6-7,10-14H2,1-2H3,(H2,19,20,21). The summed E-state index contributed by atoms with van der Waals surface area (Å²) in [6, 6.07) is 6.92. The summed E-state index contributed by atoms with van der Waals surface area (Å²) in [5, 5.41) is 6.54. The van der Waals surface area contributed by atoms with Crippen LogP contribution < -0.4 is 10.6 Å². The number of ether oxygens (including phenoxy) is 1. The van der Waals surface area contributed by atoms with E-state index < -0.39 is 0 Å². The van der Waals surface area contributed by atoms with Crippen LogP contribution in [0.4, 0.5) is 4.39 Å². The molecule has 0 aromatic heterocycles. The van der Waals surface area contributed by atoms with Gasteiger partial charge >= 0.3 is 0 Å². The first-order chi connectivity index (χ1) is 11.3. The highest BCUT2D eigenvalue weighted by molar-refractivity contribution is 7.98. The molecule has 1 rings (SSSR count). The molecule has 0 saturated carbocycles. The van der Waals surface area contributed by atoms with Gasteiger partial charge in [0.2, 0.25) is 0 Å². The van der Waals surface area contributed by atoms with Crippen LogP contribution in [0.15, 0.2) is 29.3 Å². The Bertz CT molecular complexity index is 457. The molecule has 0 aliphatic carbocycles. The first-order valence-corrected chi connectivity index (χ1v) is 9.26. The molecule has 2 N–H and O–H groups in total. The fraction of sp³-hybridized carbons (Fsp3) is 0.588. The molecule has 0 unspecified atom stereocenters. The molecule has 0 fully saturated rings. The van der Waals surface area contributed by atoms with Crippen molar-refractivity contribution in [1.82, 2.24) is 10.6 Å². The number of aliphatic imine (C=N–C) groups is 1. The van der Waals surface area contributed by atoms with Crippen LogP contribution in [0.1, 0.15) is 25.3 Å². The summed E-state index contributed by atoms with van der Waals surface area (Å²) in [6.07, 6.45) is 2.11. The van der Waals surface area contributed by atoms with Gasteiger partial charge in [-0.2, -0.15) is 11.8 Å². The summed E-state index contributed by atoms with van der Waals surface area (Å²) < 4.78 is 18.8. The largest absolute Gasteiger partial charge is 0.382 e. The van der Waals surface area contributed by atoms with Gasteiger partial charge in [0, 0.05) is 44.9 Å². The lowest BCUT2D eigenvalue weighted by Gasteiger charge is -2.11. The van der Waals surface area contributed by atoms with E-state index in [9.17, 15) is 4.39 Å². The number of rotatable bonds is 11. The number of nitrogens with one attached hydrogen (secondary N) is 2. The summed E-state index contributed by atoms with van der Waals surface area (Å²) in [6.45, 7) is 5.29. The summed E-state index contributed by atoms with van der Waals surface area (Å²) in [5.41, 5.74) is 0.759. The number of guanidine groups is 1. The van der Waals surface area contributed by atoms with Gasteiger partial charge in [-0.3, -0.25) is 4.99 Å². The van der Waals surface area contributed by atoms with E-state index in [0.29, 0.717) is 5.75 Å². The molecule has 0 amide bonds. The van der Waals surface area contributed by atoms with Crippen LogP contribution in [-0.4, -0.2) is 45.1 Å². The predicted octanol–water partition coefficient (Wildman–Crippen LogP) is 3.04. The Kier molecular flexibility index (Phi) is 11.3. The van der Waals surface area contributed by atoms with E-state index >= 15 is 0 Å². The Hall–Kier alpha value is -1.27. The highest BCUT2D eigenvalue weighted by atomic mass is 32.2. The van der Waals surface area contributed by atoms with Crippen LogP contribution in [0.5, 0.6) is 0 Å². The molecule has 6 heteroatoms. The van der Waals surface area contributed by atoms with Gasteiger partial charge in [-0.05, 0) is 31.4 Å². The molecule has 1 aromatic rings. The van der Waals surface area contributed by atoms with E-state index in [0.717, 1.165) is 56.4 Å². The molecule has 4 nitrogen and oxygen atoms in total. The first-order valence-electron chi connectivity index (χ1n) is 8.11. The highest BCUT2D eigenvalue weighted by Crippen LogP contribution is 2.14. The smallest absolute Gasteiger partial charge is 0.191 e. The third-order valence-electron chi connectivity index (χ3n) is 3.19. The van der Waals surface area contributed by atoms with Crippen molar-refractivity contribution < 1.29 is 9.13 Å². The van der Waals surface area contributed by atoms with Gasteiger partial charge in [0.05, 0.1) is 0 Å². The topological polar surface area (TPSA) is 45.6 Å². The van der Waals surface area contributed by atoms with Crippen LogP contribution in [0.25, 0.3) is 0 Å². The Morgan fingerprint density at radius 1 is 1.22 bits per heavy atom. The molecule has 1 aromatic carbocycles. The van der Waals surface area contributed by atoms with Gasteiger partial charge in [-0.1, -0.05) is 18.2 Å². The fourth-order valence-electron chi connectivity index (χ4n) is 1.94. The average molecular weight is 341 g/mol. The minimum Gasteiger partial charge on any atom is -0.382 e. The Labute approximate surface area is 143 Å². The van der Waals surface area contributed by atoms with Crippen molar-refractivity contribution in [3.05, 3.63) is 35.6 Å². The summed E-state index contributed by atoms with van der Waals surface area (Å²) in [7, 11) is 1.77. The Morgan fingerprint density at radius 2 is 2.00 bits per heavy atom. The van der Waals surface area contributed by atoms with E-state index in [2.05, 4.69) is 15.6 Å². The van der Waals surface area contributed by atoms with Gasteiger partial charge in [0.1, 0.15) is 5.82 Å². The number of unbranched alkanes of at least 4 members (excludes halogenated alkanes) is 1. The number of halogens is 1. The summed E-state index contributed by atoms with van der Waals surface area (Å²) in [4.78, 5) is 4.19. The van der Waals surface area contributed by atoms with Crippen LogP contribution >= 0.6 is 11.8 Å². The lowest BCUT2D eigenvalue weighted by molar-refractivity contribution is 0.143. The van der Waals surface area contributed by atoms with Gasteiger partial charge in [0.25, 0.3) is 0 Å². The molecule has 0 aliphatic heterocycles.